The number of aliphatic hydroxyl groups excluding tert-OH is 3. The van der Waals surface area contributed by atoms with Crippen LogP contribution in [0.3, 0.4) is 0 Å². The van der Waals surface area contributed by atoms with Crippen LogP contribution in [0.15, 0.2) is 12.2 Å². The first-order valence-electron chi connectivity index (χ1n) is 6.73. The van der Waals surface area contributed by atoms with Gasteiger partial charge in [0.05, 0.1) is 18.6 Å². The van der Waals surface area contributed by atoms with Gasteiger partial charge in [-0.05, 0) is 25.2 Å². The normalized spacial score (nSPS) is 30.1. The highest BCUT2D eigenvalue weighted by Crippen LogP contribution is 2.24. The molecule has 1 saturated heterocycles. The number of carbonyl (C=O) groups is 1. The SMILES string of the molecule is CC(O)C(C)C=CCC(C)C(O)C1OC(=O)CC1O. The summed E-state index contributed by atoms with van der Waals surface area (Å²) < 4.78 is 4.92. The Labute approximate surface area is 113 Å². The molecule has 0 spiro atoms. The van der Waals surface area contributed by atoms with Gasteiger partial charge in [0.25, 0.3) is 0 Å². The smallest absolute Gasteiger partial charge is 0.309 e. The lowest BCUT2D eigenvalue weighted by molar-refractivity contribution is -0.148. The zero-order valence-corrected chi connectivity index (χ0v) is 11.7. The molecule has 0 bridgehead atoms. The number of hydrogen-bond donors (Lipinski definition) is 3. The van der Waals surface area contributed by atoms with E-state index in [2.05, 4.69) is 0 Å². The predicted molar refractivity (Wildman–Crippen MR) is 70.3 cm³/mol. The molecule has 0 amide bonds. The van der Waals surface area contributed by atoms with E-state index >= 15 is 0 Å². The zero-order valence-electron chi connectivity index (χ0n) is 11.7. The summed E-state index contributed by atoms with van der Waals surface area (Å²) in [6, 6.07) is 0. The molecule has 1 aliphatic heterocycles. The molecule has 6 atom stereocenters. The predicted octanol–water partition coefficient (Wildman–Crippen LogP) is 0.623. The Kier molecular flexibility index (Phi) is 5.97. The van der Waals surface area contributed by atoms with Crippen LogP contribution in [0, 0.1) is 11.8 Å². The van der Waals surface area contributed by atoms with Crippen LogP contribution in [0.25, 0.3) is 0 Å². The van der Waals surface area contributed by atoms with Gasteiger partial charge in [0.2, 0.25) is 0 Å². The molecule has 6 unspecified atom stereocenters. The Balaban J connectivity index is 2.45. The quantitative estimate of drug-likeness (QED) is 0.487. The molecule has 5 heteroatoms. The molecule has 0 saturated carbocycles. The molecule has 0 aromatic carbocycles. The van der Waals surface area contributed by atoms with Crippen molar-refractivity contribution in [3.63, 3.8) is 0 Å². The van der Waals surface area contributed by atoms with Gasteiger partial charge in [-0.1, -0.05) is 26.0 Å². The van der Waals surface area contributed by atoms with Crippen molar-refractivity contribution >= 4 is 5.97 Å². The molecule has 1 fully saturated rings. The summed E-state index contributed by atoms with van der Waals surface area (Å²) in [4.78, 5) is 11.0. The van der Waals surface area contributed by atoms with Crippen LogP contribution >= 0.6 is 0 Å². The number of ether oxygens (including phenoxy) is 1. The van der Waals surface area contributed by atoms with Crippen molar-refractivity contribution in [3.8, 4) is 0 Å². The lowest BCUT2D eigenvalue weighted by Gasteiger charge is -2.24. The number of esters is 1. The molecular weight excluding hydrogens is 248 g/mol. The van der Waals surface area contributed by atoms with Gasteiger partial charge in [-0.25, -0.2) is 0 Å². The van der Waals surface area contributed by atoms with Crippen LogP contribution < -0.4 is 0 Å². The van der Waals surface area contributed by atoms with Gasteiger partial charge in [0, 0.05) is 0 Å². The molecule has 3 N–H and O–H groups in total. The summed E-state index contributed by atoms with van der Waals surface area (Å²) in [6.07, 6.45) is 1.29. The second kappa shape index (κ2) is 7.03. The number of hydrogen-bond acceptors (Lipinski definition) is 5. The maximum atomic E-state index is 11.0. The Morgan fingerprint density at radius 2 is 2.00 bits per heavy atom. The van der Waals surface area contributed by atoms with Gasteiger partial charge in [0.15, 0.2) is 6.10 Å². The molecular formula is C14H24O5. The lowest BCUT2D eigenvalue weighted by Crippen LogP contribution is -2.38. The Morgan fingerprint density at radius 3 is 2.47 bits per heavy atom. The summed E-state index contributed by atoms with van der Waals surface area (Å²) in [6.45, 7) is 5.47. The largest absolute Gasteiger partial charge is 0.457 e. The van der Waals surface area contributed by atoms with E-state index in [1.54, 1.807) is 6.92 Å². The minimum atomic E-state index is -0.926. The van der Waals surface area contributed by atoms with E-state index in [1.165, 1.54) is 0 Å². The van der Waals surface area contributed by atoms with Gasteiger partial charge < -0.3 is 20.1 Å². The summed E-state index contributed by atoms with van der Waals surface area (Å²) in [5, 5.41) is 29.0. The number of cyclic esters (lactones) is 1. The second-order valence-electron chi connectivity index (χ2n) is 5.46. The molecule has 0 radical (unpaired) electrons. The van der Waals surface area contributed by atoms with Gasteiger partial charge in [0.1, 0.15) is 6.10 Å². The van der Waals surface area contributed by atoms with E-state index in [1.807, 2.05) is 26.0 Å². The average Bonchev–Trinajstić information content (AvgIpc) is 2.66. The number of rotatable bonds is 6. The van der Waals surface area contributed by atoms with E-state index in [-0.39, 0.29) is 18.3 Å². The van der Waals surface area contributed by atoms with Gasteiger partial charge in [-0.15, -0.1) is 0 Å². The summed E-state index contributed by atoms with van der Waals surface area (Å²) >= 11 is 0. The first kappa shape index (κ1) is 16.1. The van der Waals surface area contributed by atoms with E-state index in [9.17, 15) is 20.1 Å². The van der Waals surface area contributed by atoms with Crippen molar-refractivity contribution in [1.29, 1.82) is 0 Å². The third-order valence-electron chi connectivity index (χ3n) is 3.65. The molecule has 110 valence electrons. The lowest BCUT2D eigenvalue weighted by atomic mass is 9.93. The molecule has 1 heterocycles. The van der Waals surface area contributed by atoms with Crippen LogP contribution in [-0.2, 0) is 9.53 Å². The van der Waals surface area contributed by atoms with Crippen molar-refractivity contribution in [2.24, 2.45) is 11.8 Å². The Bertz CT molecular complexity index is 326. The maximum absolute atomic E-state index is 11.0. The molecule has 1 aliphatic rings. The minimum absolute atomic E-state index is 0.0522. The van der Waals surface area contributed by atoms with Crippen molar-refractivity contribution in [3.05, 3.63) is 12.2 Å². The summed E-state index contributed by atoms with van der Waals surface area (Å²) in [7, 11) is 0. The Morgan fingerprint density at radius 1 is 1.37 bits per heavy atom. The third-order valence-corrected chi connectivity index (χ3v) is 3.65. The van der Waals surface area contributed by atoms with E-state index < -0.39 is 30.4 Å². The van der Waals surface area contributed by atoms with Gasteiger partial charge >= 0.3 is 5.97 Å². The number of carbonyl (C=O) groups excluding carboxylic acids is 1. The molecule has 0 aromatic heterocycles. The van der Waals surface area contributed by atoms with Crippen molar-refractivity contribution < 1.29 is 24.9 Å². The average molecular weight is 272 g/mol. The van der Waals surface area contributed by atoms with E-state index in [0.717, 1.165) is 0 Å². The Hall–Kier alpha value is -0.910. The molecule has 1 rings (SSSR count). The fourth-order valence-electron chi connectivity index (χ4n) is 1.99. The zero-order chi connectivity index (χ0) is 14.6. The number of aliphatic hydroxyl groups is 3. The van der Waals surface area contributed by atoms with E-state index in [4.69, 9.17) is 4.74 Å². The van der Waals surface area contributed by atoms with Crippen molar-refractivity contribution in [2.45, 2.75) is 58.0 Å². The minimum Gasteiger partial charge on any atom is -0.457 e. The summed E-state index contributed by atoms with van der Waals surface area (Å²) in [5.41, 5.74) is 0. The van der Waals surface area contributed by atoms with Crippen LogP contribution in [-0.4, -0.2) is 45.7 Å². The fraction of sp³-hybridized carbons (Fsp3) is 0.786. The molecule has 0 aliphatic carbocycles. The van der Waals surface area contributed by atoms with Gasteiger partial charge in [-0.3, -0.25) is 4.79 Å². The highest BCUT2D eigenvalue weighted by Gasteiger charge is 2.40. The molecule has 5 nitrogen and oxygen atoms in total. The molecule has 0 aromatic rings. The highest BCUT2D eigenvalue weighted by atomic mass is 16.6. The van der Waals surface area contributed by atoms with Crippen LogP contribution in [0.4, 0.5) is 0 Å². The first-order chi connectivity index (χ1) is 8.82. The van der Waals surface area contributed by atoms with Crippen LogP contribution in [0.2, 0.25) is 0 Å². The monoisotopic (exact) mass is 272 g/mol. The van der Waals surface area contributed by atoms with Crippen molar-refractivity contribution in [2.75, 3.05) is 0 Å². The maximum Gasteiger partial charge on any atom is 0.309 e. The summed E-state index contributed by atoms with van der Waals surface area (Å²) in [5.74, 6) is -0.552. The standard InChI is InChI=1S/C14H24O5/c1-8(10(3)15)5-4-6-9(2)13(18)14-11(16)7-12(17)19-14/h4-5,8-11,13-16,18H,6-7H2,1-3H3. The first-order valence-corrected chi connectivity index (χ1v) is 6.73. The fourth-order valence-corrected chi connectivity index (χ4v) is 1.99. The van der Waals surface area contributed by atoms with Crippen LogP contribution in [0.5, 0.6) is 0 Å². The second-order valence-corrected chi connectivity index (χ2v) is 5.46. The molecule has 19 heavy (non-hydrogen) atoms. The third kappa shape index (κ3) is 4.60. The van der Waals surface area contributed by atoms with Gasteiger partial charge in [-0.2, -0.15) is 0 Å². The number of allylic oxidation sites excluding steroid dienone is 1. The topological polar surface area (TPSA) is 87.0 Å². The van der Waals surface area contributed by atoms with E-state index in [0.29, 0.717) is 6.42 Å². The van der Waals surface area contributed by atoms with Crippen LogP contribution in [0.1, 0.15) is 33.6 Å². The highest BCUT2D eigenvalue weighted by molar-refractivity contribution is 5.72. The van der Waals surface area contributed by atoms with Crippen molar-refractivity contribution in [1.82, 2.24) is 0 Å².